The first-order valence-corrected chi connectivity index (χ1v) is 7.45. The van der Waals surface area contributed by atoms with Crippen LogP contribution in [0.1, 0.15) is 22.5 Å². The quantitative estimate of drug-likeness (QED) is 0.628. The van der Waals surface area contributed by atoms with Crippen molar-refractivity contribution in [2.75, 3.05) is 13.1 Å². The number of nitrogens with zero attached hydrogens (tertiary/aromatic N) is 3. The molecule has 1 aliphatic heterocycles. The molecule has 0 spiro atoms. The molecule has 1 amide bonds. The van der Waals surface area contributed by atoms with Crippen LogP contribution in [0.3, 0.4) is 0 Å². The van der Waals surface area contributed by atoms with Crippen LogP contribution >= 0.6 is 0 Å². The second-order valence-corrected chi connectivity index (χ2v) is 5.48. The largest absolute Gasteiger partial charge is 0.472 e. The molecular formula is C16H13F4N3O2. The molecule has 0 aliphatic carbocycles. The van der Waals surface area contributed by atoms with E-state index < -0.39 is 35.4 Å². The standard InChI is InChI=1S/C16H13F4N3O2/c17-12-4-1-5-13(22-12)25-10-6-8-23(9-10)15(24)11-3-2-7-21-14(11)16(18,19)20/h1-5,7,10H,6,8-9H2. The van der Waals surface area contributed by atoms with Crippen LogP contribution in [0.15, 0.2) is 36.5 Å². The first kappa shape index (κ1) is 17.1. The lowest BCUT2D eigenvalue weighted by Crippen LogP contribution is -2.32. The molecule has 1 saturated heterocycles. The number of ether oxygens (including phenoxy) is 1. The van der Waals surface area contributed by atoms with Gasteiger partial charge in [-0.2, -0.15) is 22.5 Å². The summed E-state index contributed by atoms with van der Waals surface area (Å²) in [6.45, 7) is 0.314. The third-order valence-corrected chi connectivity index (χ3v) is 3.72. The van der Waals surface area contributed by atoms with Crippen molar-refractivity contribution in [2.24, 2.45) is 0 Å². The molecule has 1 aliphatic rings. The van der Waals surface area contributed by atoms with Crippen molar-refractivity contribution in [3.63, 3.8) is 0 Å². The smallest absolute Gasteiger partial charge is 0.434 e. The maximum absolute atomic E-state index is 13.1. The maximum atomic E-state index is 13.1. The second kappa shape index (κ2) is 6.66. The Morgan fingerprint density at radius 1 is 1.24 bits per heavy atom. The highest BCUT2D eigenvalue weighted by atomic mass is 19.4. The number of likely N-dealkylation sites (tertiary alicyclic amines) is 1. The Morgan fingerprint density at radius 2 is 2.04 bits per heavy atom. The van der Waals surface area contributed by atoms with Crippen molar-refractivity contribution in [1.82, 2.24) is 14.9 Å². The molecular weight excluding hydrogens is 342 g/mol. The summed E-state index contributed by atoms with van der Waals surface area (Å²) in [5.41, 5.74) is -1.71. The number of carbonyl (C=O) groups is 1. The predicted molar refractivity (Wildman–Crippen MR) is 78.4 cm³/mol. The molecule has 0 radical (unpaired) electrons. The molecule has 0 bridgehead atoms. The summed E-state index contributed by atoms with van der Waals surface area (Å²) in [5, 5.41) is 0. The Kier molecular flexibility index (Phi) is 4.56. The van der Waals surface area contributed by atoms with Gasteiger partial charge in [0, 0.05) is 25.2 Å². The van der Waals surface area contributed by atoms with Gasteiger partial charge in [-0.1, -0.05) is 6.07 Å². The fourth-order valence-corrected chi connectivity index (χ4v) is 2.61. The summed E-state index contributed by atoms with van der Waals surface area (Å²) in [6.07, 6.45) is -3.78. The first-order chi connectivity index (χ1) is 11.8. The van der Waals surface area contributed by atoms with Crippen LogP contribution in [-0.2, 0) is 6.18 Å². The van der Waals surface area contributed by atoms with Crippen LogP contribution in [0.2, 0.25) is 0 Å². The number of pyridine rings is 2. The van der Waals surface area contributed by atoms with Gasteiger partial charge in [-0.3, -0.25) is 9.78 Å². The third kappa shape index (κ3) is 3.86. The third-order valence-electron chi connectivity index (χ3n) is 3.72. The number of hydrogen-bond acceptors (Lipinski definition) is 4. The first-order valence-electron chi connectivity index (χ1n) is 7.45. The highest BCUT2D eigenvalue weighted by molar-refractivity contribution is 5.95. The number of halogens is 4. The van der Waals surface area contributed by atoms with Gasteiger partial charge in [-0.15, -0.1) is 0 Å². The summed E-state index contributed by atoms with van der Waals surface area (Å²) in [4.78, 5) is 20.5. The van der Waals surface area contributed by atoms with E-state index in [1.165, 1.54) is 29.2 Å². The number of rotatable bonds is 3. The molecule has 1 fully saturated rings. The van der Waals surface area contributed by atoms with Crippen LogP contribution in [0.4, 0.5) is 17.6 Å². The molecule has 0 N–H and O–H groups in total. The van der Waals surface area contributed by atoms with Crippen molar-refractivity contribution >= 4 is 5.91 Å². The molecule has 1 atom stereocenters. The van der Waals surface area contributed by atoms with Gasteiger partial charge >= 0.3 is 6.18 Å². The lowest BCUT2D eigenvalue weighted by Gasteiger charge is -2.19. The zero-order chi connectivity index (χ0) is 18.0. The van der Waals surface area contributed by atoms with Crippen LogP contribution in [0.5, 0.6) is 5.88 Å². The van der Waals surface area contributed by atoms with Gasteiger partial charge in [-0.25, -0.2) is 0 Å². The van der Waals surface area contributed by atoms with E-state index in [0.717, 1.165) is 12.3 Å². The fourth-order valence-electron chi connectivity index (χ4n) is 2.61. The van der Waals surface area contributed by atoms with Crippen molar-refractivity contribution in [1.29, 1.82) is 0 Å². The fraction of sp³-hybridized carbons (Fsp3) is 0.312. The molecule has 2 aromatic heterocycles. The van der Waals surface area contributed by atoms with Gasteiger partial charge in [0.25, 0.3) is 5.91 Å². The minimum Gasteiger partial charge on any atom is -0.472 e. The van der Waals surface area contributed by atoms with Crippen molar-refractivity contribution in [3.05, 3.63) is 53.7 Å². The average molecular weight is 355 g/mol. The summed E-state index contributed by atoms with van der Waals surface area (Å²) < 4.78 is 57.5. The van der Waals surface area contributed by atoms with E-state index in [0.29, 0.717) is 6.42 Å². The zero-order valence-electron chi connectivity index (χ0n) is 12.8. The number of carbonyl (C=O) groups excluding carboxylic acids is 1. The van der Waals surface area contributed by atoms with E-state index in [9.17, 15) is 22.4 Å². The van der Waals surface area contributed by atoms with Crippen LogP contribution < -0.4 is 4.74 Å². The average Bonchev–Trinajstić information content (AvgIpc) is 3.02. The molecule has 0 saturated carbocycles. The summed E-state index contributed by atoms with van der Waals surface area (Å²) >= 11 is 0. The number of alkyl halides is 3. The van der Waals surface area contributed by atoms with E-state index in [1.807, 2.05) is 0 Å². The number of aromatic nitrogens is 2. The second-order valence-electron chi connectivity index (χ2n) is 5.48. The van der Waals surface area contributed by atoms with Crippen molar-refractivity contribution in [3.8, 4) is 5.88 Å². The van der Waals surface area contributed by atoms with Gasteiger partial charge in [0.15, 0.2) is 5.69 Å². The van der Waals surface area contributed by atoms with E-state index in [1.54, 1.807) is 0 Å². The van der Waals surface area contributed by atoms with Gasteiger partial charge in [-0.05, 0) is 18.2 Å². The summed E-state index contributed by atoms with van der Waals surface area (Å²) in [6, 6.07) is 6.44. The molecule has 3 heterocycles. The Labute approximate surface area is 140 Å². The zero-order valence-corrected chi connectivity index (χ0v) is 12.8. The molecule has 25 heavy (non-hydrogen) atoms. The number of amides is 1. The molecule has 132 valence electrons. The summed E-state index contributed by atoms with van der Waals surface area (Å²) in [7, 11) is 0. The van der Waals surface area contributed by atoms with Crippen LogP contribution in [0, 0.1) is 5.95 Å². The summed E-state index contributed by atoms with van der Waals surface area (Å²) in [5.74, 6) is -1.40. The highest BCUT2D eigenvalue weighted by Crippen LogP contribution is 2.31. The minimum absolute atomic E-state index is 0.0663. The van der Waals surface area contributed by atoms with Crippen LogP contribution in [-0.4, -0.2) is 40.0 Å². The Balaban J connectivity index is 1.71. The highest BCUT2D eigenvalue weighted by Gasteiger charge is 2.39. The Bertz CT molecular complexity index is 782. The van der Waals surface area contributed by atoms with Crippen molar-refractivity contribution < 1.29 is 27.1 Å². The Morgan fingerprint density at radius 3 is 2.76 bits per heavy atom. The van der Waals surface area contributed by atoms with E-state index in [-0.39, 0.29) is 19.0 Å². The van der Waals surface area contributed by atoms with Gasteiger partial charge in [0.05, 0.1) is 12.1 Å². The van der Waals surface area contributed by atoms with Gasteiger partial charge < -0.3 is 9.64 Å². The Hall–Kier alpha value is -2.71. The molecule has 5 nitrogen and oxygen atoms in total. The van der Waals surface area contributed by atoms with E-state index in [2.05, 4.69) is 9.97 Å². The van der Waals surface area contributed by atoms with Crippen LogP contribution in [0.25, 0.3) is 0 Å². The lowest BCUT2D eigenvalue weighted by atomic mass is 10.1. The predicted octanol–water partition coefficient (Wildman–Crippen LogP) is 2.93. The minimum atomic E-state index is -4.71. The van der Waals surface area contributed by atoms with Crippen molar-refractivity contribution in [2.45, 2.75) is 18.7 Å². The normalized spacial score (nSPS) is 17.6. The molecule has 3 rings (SSSR count). The number of hydrogen-bond donors (Lipinski definition) is 0. The van der Waals surface area contributed by atoms with E-state index in [4.69, 9.17) is 4.74 Å². The molecule has 2 aromatic rings. The SMILES string of the molecule is O=C(c1cccnc1C(F)(F)F)N1CCC(Oc2cccc(F)n2)C1. The maximum Gasteiger partial charge on any atom is 0.434 e. The van der Waals surface area contributed by atoms with Gasteiger partial charge in [0.2, 0.25) is 11.8 Å². The monoisotopic (exact) mass is 355 g/mol. The molecule has 9 heteroatoms. The molecule has 0 aromatic carbocycles. The van der Waals surface area contributed by atoms with E-state index >= 15 is 0 Å². The van der Waals surface area contributed by atoms with Gasteiger partial charge in [0.1, 0.15) is 6.10 Å². The molecule has 1 unspecified atom stereocenters. The topological polar surface area (TPSA) is 55.3 Å². The lowest BCUT2D eigenvalue weighted by molar-refractivity contribution is -0.141.